The predicted molar refractivity (Wildman–Crippen MR) is 117 cm³/mol. The minimum atomic E-state index is -1.17. The van der Waals surface area contributed by atoms with Gasteiger partial charge in [0.2, 0.25) is 5.78 Å². The second-order valence-electron chi connectivity index (χ2n) is 7.17. The first-order valence-corrected chi connectivity index (χ1v) is 10.1. The van der Waals surface area contributed by atoms with E-state index in [1.165, 1.54) is 4.90 Å². The van der Waals surface area contributed by atoms with E-state index in [1.807, 2.05) is 6.92 Å². The maximum Gasteiger partial charge on any atom is 0.295 e. The molecular formula is C24H17Cl2NO3. The molecule has 30 heavy (non-hydrogen) atoms. The smallest absolute Gasteiger partial charge is 0.295 e. The minimum Gasteiger partial charge on any atom is -0.297 e. The lowest BCUT2D eigenvalue weighted by Gasteiger charge is -2.28. The van der Waals surface area contributed by atoms with Crippen molar-refractivity contribution in [1.82, 2.24) is 0 Å². The highest BCUT2D eigenvalue weighted by Gasteiger charge is 2.52. The van der Waals surface area contributed by atoms with Gasteiger partial charge >= 0.3 is 0 Å². The van der Waals surface area contributed by atoms with E-state index in [1.54, 1.807) is 72.8 Å². The van der Waals surface area contributed by atoms with E-state index in [-0.39, 0.29) is 0 Å². The quantitative estimate of drug-likeness (QED) is 0.309. The number of carbonyl (C=O) groups is 3. The van der Waals surface area contributed by atoms with Crippen molar-refractivity contribution in [2.24, 2.45) is 5.92 Å². The van der Waals surface area contributed by atoms with Gasteiger partial charge in [-0.25, -0.2) is 0 Å². The number of carbonyl (C=O) groups excluding carboxylic acids is 3. The van der Waals surface area contributed by atoms with Crippen LogP contribution in [0.2, 0.25) is 10.0 Å². The SMILES string of the molecule is Cc1ccc(Cl)cc1N1C(=O)C(=O)C(C(=O)c2ccccc2)C1c1ccc(Cl)cc1. The second kappa shape index (κ2) is 8.05. The molecule has 3 aromatic rings. The van der Waals surface area contributed by atoms with Gasteiger partial charge in [0.25, 0.3) is 5.91 Å². The first kappa shape index (κ1) is 20.3. The Morgan fingerprint density at radius 3 is 2.17 bits per heavy atom. The zero-order valence-corrected chi connectivity index (χ0v) is 17.5. The molecule has 1 fully saturated rings. The monoisotopic (exact) mass is 437 g/mol. The van der Waals surface area contributed by atoms with Crippen LogP contribution in [-0.4, -0.2) is 17.5 Å². The molecule has 2 unspecified atom stereocenters. The van der Waals surface area contributed by atoms with Crippen LogP contribution in [0.15, 0.2) is 72.8 Å². The summed E-state index contributed by atoms with van der Waals surface area (Å²) in [6, 6.07) is 19.7. The Morgan fingerprint density at radius 1 is 0.867 bits per heavy atom. The molecule has 6 heteroatoms. The largest absolute Gasteiger partial charge is 0.297 e. The number of rotatable bonds is 4. The molecule has 1 saturated heterocycles. The molecule has 0 saturated carbocycles. The summed E-state index contributed by atoms with van der Waals surface area (Å²) in [6.45, 7) is 1.83. The van der Waals surface area contributed by atoms with E-state index >= 15 is 0 Å². The third-order valence-electron chi connectivity index (χ3n) is 5.29. The molecule has 150 valence electrons. The number of amides is 1. The first-order valence-electron chi connectivity index (χ1n) is 9.37. The van der Waals surface area contributed by atoms with E-state index in [2.05, 4.69) is 0 Å². The van der Waals surface area contributed by atoms with Crippen molar-refractivity contribution >= 4 is 46.4 Å². The summed E-state index contributed by atoms with van der Waals surface area (Å²) in [4.78, 5) is 40.9. The fraction of sp³-hybridized carbons (Fsp3) is 0.125. The normalized spacial score (nSPS) is 18.7. The summed E-state index contributed by atoms with van der Waals surface area (Å²) in [7, 11) is 0. The van der Waals surface area contributed by atoms with Gasteiger partial charge in [-0.05, 0) is 42.3 Å². The summed E-state index contributed by atoms with van der Waals surface area (Å²) in [6.07, 6.45) is 0. The summed E-state index contributed by atoms with van der Waals surface area (Å²) in [5.41, 5.74) is 2.30. The molecule has 1 heterocycles. The minimum absolute atomic E-state index is 0.382. The second-order valence-corrected chi connectivity index (χ2v) is 8.05. The van der Waals surface area contributed by atoms with E-state index in [4.69, 9.17) is 23.2 Å². The average molecular weight is 438 g/mol. The predicted octanol–water partition coefficient (Wildman–Crippen LogP) is 5.46. The van der Waals surface area contributed by atoms with Crippen LogP contribution in [-0.2, 0) is 9.59 Å². The van der Waals surface area contributed by atoms with Crippen LogP contribution >= 0.6 is 23.2 Å². The van der Waals surface area contributed by atoms with Gasteiger partial charge in [-0.2, -0.15) is 0 Å². The van der Waals surface area contributed by atoms with E-state index in [9.17, 15) is 14.4 Å². The van der Waals surface area contributed by atoms with E-state index < -0.39 is 29.4 Å². The van der Waals surface area contributed by atoms with Gasteiger partial charge in [-0.15, -0.1) is 0 Å². The van der Waals surface area contributed by atoms with Gasteiger partial charge in [-0.1, -0.05) is 71.7 Å². The van der Waals surface area contributed by atoms with Crippen molar-refractivity contribution in [1.29, 1.82) is 0 Å². The van der Waals surface area contributed by atoms with Gasteiger partial charge in [0.1, 0.15) is 5.92 Å². The van der Waals surface area contributed by atoms with Gasteiger partial charge in [0.05, 0.1) is 6.04 Å². The molecule has 1 aliphatic rings. The molecule has 0 spiro atoms. The van der Waals surface area contributed by atoms with Crippen LogP contribution in [0.4, 0.5) is 5.69 Å². The average Bonchev–Trinajstić information content (AvgIpc) is 3.01. The number of hydrogen-bond donors (Lipinski definition) is 0. The van der Waals surface area contributed by atoms with Gasteiger partial charge in [0, 0.05) is 21.3 Å². The van der Waals surface area contributed by atoms with Crippen LogP contribution in [0.1, 0.15) is 27.5 Å². The number of anilines is 1. The van der Waals surface area contributed by atoms with Crippen LogP contribution in [0.25, 0.3) is 0 Å². The Hall–Kier alpha value is -2.95. The van der Waals surface area contributed by atoms with Gasteiger partial charge in [-0.3, -0.25) is 19.3 Å². The van der Waals surface area contributed by atoms with Crippen LogP contribution in [0.5, 0.6) is 0 Å². The van der Waals surface area contributed by atoms with E-state index in [0.717, 1.165) is 5.56 Å². The molecular weight excluding hydrogens is 421 g/mol. The number of aryl methyl sites for hydroxylation is 1. The molecule has 0 N–H and O–H groups in total. The lowest BCUT2D eigenvalue weighted by Crippen LogP contribution is -2.31. The molecule has 0 radical (unpaired) electrons. The molecule has 0 bridgehead atoms. The van der Waals surface area contributed by atoms with Gasteiger partial charge in [0.15, 0.2) is 5.78 Å². The van der Waals surface area contributed by atoms with Crippen molar-refractivity contribution in [2.75, 3.05) is 4.90 Å². The molecule has 0 aromatic heterocycles. The van der Waals surface area contributed by atoms with Crippen molar-refractivity contribution in [3.63, 3.8) is 0 Å². The molecule has 4 nitrogen and oxygen atoms in total. The van der Waals surface area contributed by atoms with Crippen molar-refractivity contribution < 1.29 is 14.4 Å². The number of nitrogens with zero attached hydrogens (tertiary/aromatic N) is 1. The van der Waals surface area contributed by atoms with Crippen molar-refractivity contribution in [3.05, 3.63) is 99.5 Å². The number of hydrogen-bond acceptors (Lipinski definition) is 3. The molecule has 0 aliphatic carbocycles. The first-order chi connectivity index (χ1) is 14.4. The fourth-order valence-electron chi connectivity index (χ4n) is 3.82. The topological polar surface area (TPSA) is 54.5 Å². The Morgan fingerprint density at radius 2 is 1.50 bits per heavy atom. The Labute approximate surface area is 184 Å². The maximum atomic E-state index is 13.3. The van der Waals surface area contributed by atoms with E-state index in [0.29, 0.717) is 26.9 Å². The van der Waals surface area contributed by atoms with Crippen LogP contribution in [0, 0.1) is 12.8 Å². The molecule has 4 rings (SSSR count). The number of halogens is 2. The Kier molecular flexibility index (Phi) is 5.46. The fourth-order valence-corrected chi connectivity index (χ4v) is 4.11. The Bertz CT molecular complexity index is 1140. The van der Waals surface area contributed by atoms with Gasteiger partial charge < -0.3 is 0 Å². The summed E-state index contributed by atoms with van der Waals surface area (Å²) in [5.74, 6) is -3.02. The standard InChI is InChI=1S/C24H17Cl2NO3/c1-14-7-10-18(26)13-19(14)27-21(15-8-11-17(25)12-9-15)20(23(29)24(27)30)22(28)16-5-3-2-4-6-16/h2-13,20-21H,1H3. The highest BCUT2D eigenvalue weighted by molar-refractivity contribution is 6.49. The number of benzene rings is 3. The molecule has 2 atom stereocenters. The summed E-state index contributed by atoms with van der Waals surface area (Å²) >= 11 is 12.2. The highest BCUT2D eigenvalue weighted by atomic mass is 35.5. The highest BCUT2D eigenvalue weighted by Crippen LogP contribution is 2.43. The summed E-state index contributed by atoms with van der Waals surface area (Å²) < 4.78 is 0. The van der Waals surface area contributed by atoms with Crippen LogP contribution in [0.3, 0.4) is 0 Å². The Balaban J connectivity index is 1.90. The maximum absolute atomic E-state index is 13.3. The lowest BCUT2D eigenvalue weighted by atomic mass is 9.86. The molecule has 1 amide bonds. The summed E-state index contributed by atoms with van der Waals surface area (Å²) in [5, 5.41) is 0.953. The van der Waals surface area contributed by atoms with Crippen molar-refractivity contribution in [2.45, 2.75) is 13.0 Å². The van der Waals surface area contributed by atoms with Crippen LogP contribution < -0.4 is 4.90 Å². The molecule has 1 aliphatic heterocycles. The molecule has 3 aromatic carbocycles. The number of ketones is 2. The third-order valence-corrected chi connectivity index (χ3v) is 5.78. The third kappa shape index (κ3) is 3.53. The number of Topliss-reactive ketones (excluding diaryl/α,β-unsaturated/α-hetero) is 2. The lowest BCUT2D eigenvalue weighted by molar-refractivity contribution is -0.135. The zero-order valence-electron chi connectivity index (χ0n) is 16.0. The zero-order chi connectivity index (χ0) is 21.4. The van der Waals surface area contributed by atoms with Crippen molar-refractivity contribution in [3.8, 4) is 0 Å².